The Hall–Kier alpha value is -5.02. The molecule has 3 aliphatic rings. The zero-order chi connectivity index (χ0) is 38.3. The van der Waals surface area contributed by atoms with Gasteiger partial charge >= 0.3 is 12.1 Å². The molecule has 5 rings (SSSR count). The maximum Gasteiger partial charge on any atom is 0.409 e. The van der Waals surface area contributed by atoms with Crippen LogP contribution in [0.2, 0.25) is 0 Å². The smallest absolute Gasteiger partial charge is 0.409 e. The molecule has 1 aliphatic carbocycles. The molecule has 1 aromatic heterocycles. The minimum atomic E-state index is -1.17. The number of amides is 5. The molecule has 0 spiro atoms. The van der Waals surface area contributed by atoms with E-state index in [1.54, 1.807) is 27.7 Å². The molecular formula is C37H49FN6O9. The highest BCUT2D eigenvalue weighted by Gasteiger charge is 2.36. The largest absolute Gasteiger partial charge is 0.483 e. The lowest BCUT2D eigenvalue weighted by molar-refractivity contribution is -0.155. The second-order valence-corrected chi connectivity index (χ2v) is 14.5. The maximum absolute atomic E-state index is 14.4. The number of carbonyl (C=O) groups is 6. The van der Waals surface area contributed by atoms with Crippen molar-refractivity contribution in [2.24, 2.45) is 0 Å². The molecule has 3 fully saturated rings. The van der Waals surface area contributed by atoms with Crippen molar-refractivity contribution in [3.05, 3.63) is 35.8 Å². The number of nitrogens with one attached hydrogen (secondary N) is 2. The molecular weight excluding hydrogens is 691 g/mol. The SMILES string of the molecule is CCOC(=O)N1CCN(C(=O)[C@H](CCC(=O)OC(C)(C)C)NC(=O)c2cc(OCC(=O)N3CCC[C@H]3C(=O)NC3CCC3)c3cc(F)ccc3n2)CC1. The number of hydrogen-bond donors (Lipinski definition) is 2. The Morgan fingerprint density at radius 3 is 2.34 bits per heavy atom. The maximum atomic E-state index is 14.4. The van der Waals surface area contributed by atoms with Crippen LogP contribution < -0.4 is 15.4 Å². The molecule has 16 heteroatoms. The molecule has 288 valence electrons. The number of pyridine rings is 1. The molecule has 1 aromatic carbocycles. The van der Waals surface area contributed by atoms with Crippen LogP contribution in [-0.2, 0) is 28.7 Å². The van der Waals surface area contributed by atoms with Crippen LogP contribution in [0.3, 0.4) is 0 Å². The van der Waals surface area contributed by atoms with Gasteiger partial charge in [-0.2, -0.15) is 0 Å². The highest BCUT2D eigenvalue weighted by atomic mass is 19.1. The summed E-state index contributed by atoms with van der Waals surface area (Å²) in [7, 11) is 0. The number of ether oxygens (including phenoxy) is 3. The number of piperazine rings is 1. The first-order valence-corrected chi connectivity index (χ1v) is 18.3. The fourth-order valence-electron chi connectivity index (χ4n) is 6.50. The molecule has 0 bridgehead atoms. The van der Waals surface area contributed by atoms with E-state index in [0.29, 0.717) is 19.4 Å². The van der Waals surface area contributed by atoms with E-state index < -0.39 is 59.9 Å². The van der Waals surface area contributed by atoms with Crippen molar-refractivity contribution in [1.82, 2.24) is 30.3 Å². The van der Waals surface area contributed by atoms with Crippen LogP contribution in [0, 0.1) is 5.82 Å². The van der Waals surface area contributed by atoms with E-state index in [1.165, 1.54) is 39.0 Å². The van der Waals surface area contributed by atoms with Crippen LogP contribution in [-0.4, -0.2) is 125 Å². The van der Waals surface area contributed by atoms with E-state index in [-0.39, 0.29) is 79.9 Å². The van der Waals surface area contributed by atoms with Gasteiger partial charge in [-0.25, -0.2) is 14.2 Å². The zero-order valence-corrected chi connectivity index (χ0v) is 30.8. The van der Waals surface area contributed by atoms with Gasteiger partial charge in [-0.15, -0.1) is 0 Å². The molecule has 2 saturated heterocycles. The molecule has 2 atom stereocenters. The lowest BCUT2D eigenvalue weighted by Crippen LogP contribution is -2.56. The summed E-state index contributed by atoms with van der Waals surface area (Å²) in [5.41, 5.74) is -0.729. The first-order chi connectivity index (χ1) is 25.2. The van der Waals surface area contributed by atoms with E-state index in [9.17, 15) is 33.2 Å². The standard InChI is InChI=1S/C37H49FN6O9/c1-5-51-36(50)43-18-16-42(17-19-43)35(49)27(13-14-32(46)53-37(2,3)4)41-33(47)28-21-30(25-20-23(38)11-12-26(25)40-28)52-22-31(45)44-15-7-10-29(44)34(48)39-24-8-6-9-24/h11-12,20-21,24,27,29H,5-10,13-19,22H2,1-4H3,(H,39,48)(H,41,47)/t27-,29-/m0/s1. The van der Waals surface area contributed by atoms with Gasteiger partial charge in [0.05, 0.1) is 12.1 Å². The number of hydrogen-bond acceptors (Lipinski definition) is 10. The van der Waals surface area contributed by atoms with Gasteiger partial charge in [0.15, 0.2) is 6.61 Å². The minimum Gasteiger partial charge on any atom is -0.483 e. The van der Waals surface area contributed by atoms with Gasteiger partial charge in [0, 0.05) is 56.6 Å². The molecule has 53 heavy (non-hydrogen) atoms. The third-order valence-electron chi connectivity index (χ3n) is 9.42. The fourth-order valence-corrected chi connectivity index (χ4v) is 6.50. The molecule has 2 aliphatic heterocycles. The monoisotopic (exact) mass is 740 g/mol. The second kappa shape index (κ2) is 17.2. The van der Waals surface area contributed by atoms with Gasteiger partial charge in [-0.05, 0) is 84.4 Å². The molecule has 5 amide bonds. The number of rotatable bonds is 12. The summed E-state index contributed by atoms with van der Waals surface area (Å²) < 4.78 is 30.8. The van der Waals surface area contributed by atoms with Crippen LogP contribution in [0.4, 0.5) is 9.18 Å². The Balaban J connectivity index is 1.32. The number of esters is 1. The van der Waals surface area contributed by atoms with Gasteiger partial charge in [-0.1, -0.05) is 0 Å². The van der Waals surface area contributed by atoms with Crippen LogP contribution in [0.25, 0.3) is 10.9 Å². The summed E-state index contributed by atoms with van der Waals surface area (Å²) in [4.78, 5) is 87.5. The van der Waals surface area contributed by atoms with E-state index in [4.69, 9.17) is 14.2 Å². The minimum absolute atomic E-state index is 0.00869. The van der Waals surface area contributed by atoms with Crippen LogP contribution >= 0.6 is 0 Å². The molecule has 3 heterocycles. The molecule has 15 nitrogen and oxygen atoms in total. The topological polar surface area (TPSA) is 177 Å². The fraction of sp³-hybridized carbons (Fsp3) is 0.595. The second-order valence-electron chi connectivity index (χ2n) is 14.5. The molecule has 1 saturated carbocycles. The zero-order valence-electron chi connectivity index (χ0n) is 30.8. The summed E-state index contributed by atoms with van der Waals surface area (Å²) in [5.74, 6) is -2.98. The van der Waals surface area contributed by atoms with Crippen LogP contribution in [0.5, 0.6) is 5.75 Å². The molecule has 0 unspecified atom stereocenters. The van der Waals surface area contributed by atoms with Crippen molar-refractivity contribution in [2.75, 3.05) is 45.9 Å². The normalized spacial score (nSPS) is 18.2. The number of likely N-dealkylation sites (tertiary alicyclic amines) is 1. The van der Waals surface area contributed by atoms with Crippen LogP contribution in [0.15, 0.2) is 24.3 Å². The predicted octanol–water partition coefficient (Wildman–Crippen LogP) is 2.93. The summed E-state index contributed by atoms with van der Waals surface area (Å²) in [6.45, 7) is 7.82. The Morgan fingerprint density at radius 2 is 1.68 bits per heavy atom. The summed E-state index contributed by atoms with van der Waals surface area (Å²) in [6.07, 6.45) is 3.36. The number of aromatic nitrogens is 1. The average molecular weight is 741 g/mol. The van der Waals surface area contributed by atoms with Crippen molar-refractivity contribution in [3.63, 3.8) is 0 Å². The van der Waals surface area contributed by atoms with Gasteiger partial charge in [0.1, 0.15) is 34.9 Å². The Labute approximate surface area is 307 Å². The van der Waals surface area contributed by atoms with Crippen molar-refractivity contribution in [2.45, 2.75) is 96.4 Å². The number of benzene rings is 1. The third kappa shape index (κ3) is 10.3. The first-order valence-electron chi connectivity index (χ1n) is 18.3. The average Bonchev–Trinajstić information content (AvgIpc) is 3.60. The highest BCUT2D eigenvalue weighted by molar-refractivity contribution is 5.99. The van der Waals surface area contributed by atoms with E-state index >= 15 is 0 Å². The van der Waals surface area contributed by atoms with Crippen molar-refractivity contribution in [3.8, 4) is 5.75 Å². The number of nitrogens with zero attached hydrogens (tertiary/aromatic N) is 4. The summed E-state index contributed by atoms with van der Waals surface area (Å²) >= 11 is 0. The number of carbonyl (C=O) groups excluding carboxylic acids is 6. The number of fused-ring (bicyclic) bond motifs is 1. The van der Waals surface area contributed by atoms with Crippen molar-refractivity contribution < 1.29 is 47.4 Å². The molecule has 0 radical (unpaired) electrons. The Bertz CT molecular complexity index is 1700. The van der Waals surface area contributed by atoms with Crippen LogP contribution in [0.1, 0.15) is 83.1 Å². The van der Waals surface area contributed by atoms with Gasteiger partial charge in [0.2, 0.25) is 11.8 Å². The lowest BCUT2D eigenvalue weighted by atomic mass is 9.93. The predicted molar refractivity (Wildman–Crippen MR) is 189 cm³/mol. The molecule has 2 aromatic rings. The summed E-state index contributed by atoms with van der Waals surface area (Å²) in [5, 5.41) is 5.93. The third-order valence-corrected chi connectivity index (χ3v) is 9.42. The van der Waals surface area contributed by atoms with E-state index in [0.717, 1.165) is 19.3 Å². The van der Waals surface area contributed by atoms with E-state index in [2.05, 4.69) is 15.6 Å². The quantitative estimate of drug-likeness (QED) is 0.308. The van der Waals surface area contributed by atoms with E-state index in [1.807, 2.05) is 0 Å². The van der Waals surface area contributed by atoms with Gasteiger partial charge < -0.3 is 39.5 Å². The highest BCUT2D eigenvalue weighted by Crippen LogP contribution is 2.28. The van der Waals surface area contributed by atoms with Crippen molar-refractivity contribution >= 4 is 46.6 Å². The van der Waals surface area contributed by atoms with Crippen molar-refractivity contribution in [1.29, 1.82) is 0 Å². The number of halogens is 1. The summed E-state index contributed by atoms with van der Waals surface area (Å²) in [6, 6.07) is 3.34. The molecule has 2 N–H and O–H groups in total. The van der Waals surface area contributed by atoms with Gasteiger partial charge in [-0.3, -0.25) is 24.0 Å². The Morgan fingerprint density at radius 1 is 0.962 bits per heavy atom. The first kappa shape index (κ1) is 39.2. The lowest BCUT2D eigenvalue weighted by Gasteiger charge is -2.36. The van der Waals surface area contributed by atoms with Gasteiger partial charge in [0.25, 0.3) is 11.8 Å². The Kier molecular flexibility index (Phi) is 12.7.